The van der Waals surface area contributed by atoms with Gasteiger partial charge in [-0.25, -0.2) is 0 Å². The maximum absolute atomic E-state index is 11.6. The first-order chi connectivity index (χ1) is 9.22. The summed E-state index contributed by atoms with van der Waals surface area (Å²) in [4.78, 5) is 20.7. The molecule has 1 aliphatic heterocycles. The van der Waals surface area contributed by atoms with Crippen LogP contribution >= 0.6 is 11.3 Å². The monoisotopic (exact) mass is 278 g/mol. The second kappa shape index (κ2) is 5.10. The average Bonchev–Trinajstić information content (AvgIpc) is 3.04. The van der Waals surface area contributed by atoms with E-state index in [0.29, 0.717) is 24.8 Å². The third-order valence-electron chi connectivity index (χ3n) is 3.10. The molecule has 3 heterocycles. The van der Waals surface area contributed by atoms with Crippen molar-refractivity contribution in [3.05, 3.63) is 23.4 Å². The van der Waals surface area contributed by atoms with Crippen molar-refractivity contribution in [2.45, 2.75) is 6.54 Å². The molecule has 0 aliphatic carbocycles. The standard InChI is InChI=1S/C12H14N4O2S/c1-15-4-5-16(8-11(15)17)7-10-13-12(14-18-10)9-3-2-6-19-9/h2-3,6H,4-5,7-8H2,1H3. The first-order valence-electron chi connectivity index (χ1n) is 6.05. The van der Waals surface area contributed by atoms with Crippen LogP contribution in [0, 0.1) is 0 Å². The minimum atomic E-state index is 0.129. The highest BCUT2D eigenvalue weighted by atomic mass is 32.1. The number of hydrogen-bond donors (Lipinski definition) is 0. The van der Waals surface area contributed by atoms with Crippen LogP contribution in [-0.4, -0.2) is 52.5 Å². The molecule has 1 fully saturated rings. The summed E-state index contributed by atoms with van der Waals surface area (Å²) in [5.41, 5.74) is 0. The van der Waals surface area contributed by atoms with Crippen LogP contribution in [0.15, 0.2) is 22.0 Å². The molecule has 3 rings (SSSR count). The Balaban J connectivity index is 1.66. The molecule has 0 spiro atoms. The number of hydrogen-bond acceptors (Lipinski definition) is 6. The van der Waals surface area contributed by atoms with Gasteiger partial charge in [0.2, 0.25) is 17.6 Å². The van der Waals surface area contributed by atoms with Crippen molar-refractivity contribution in [1.29, 1.82) is 0 Å². The number of likely N-dealkylation sites (N-methyl/N-ethyl adjacent to an activating group) is 1. The third-order valence-corrected chi connectivity index (χ3v) is 3.97. The molecule has 6 nitrogen and oxygen atoms in total. The zero-order valence-corrected chi connectivity index (χ0v) is 11.4. The van der Waals surface area contributed by atoms with Crippen LogP contribution in [-0.2, 0) is 11.3 Å². The maximum atomic E-state index is 11.6. The zero-order valence-electron chi connectivity index (χ0n) is 10.6. The lowest BCUT2D eigenvalue weighted by Crippen LogP contribution is -2.48. The van der Waals surface area contributed by atoms with Gasteiger partial charge < -0.3 is 9.42 Å². The van der Waals surface area contributed by atoms with Crippen LogP contribution < -0.4 is 0 Å². The summed E-state index contributed by atoms with van der Waals surface area (Å²) in [5, 5.41) is 5.94. The minimum absolute atomic E-state index is 0.129. The van der Waals surface area contributed by atoms with Crippen LogP contribution in [0.4, 0.5) is 0 Å². The van der Waals surface area contributed by atoms with Gasteiger partial charge in [-0.3, -0.25) is 9.69 Å². The van der Waals surface area contributed by atoms with E-state index in [-0.39, 0.29) is 5.91 Å². The van der Waals surface area contributed by atoms with Crippen molar-refractivity contribution in [1.82, 2.24) is 19.9 Å². The highest BCUT2D eigenvalue weighted by Crippen LogP contribution is 2.21. The van der Waals surface area contributed by atoms with Gasteiger partial charge in [0.1, 0.15) is 0 Å². The zero-order chi connectivity index (χ0) is 13.2. The Morgan fingerprint density at radius 1 is 1.47 bits per heavy atom. The molecule has 0 saturated carbocycles. The molecule has 2 aromatic rings. The minimum Gasteiger partial charge on any atom is -0.343 e. The molecule has 1 amide bonds. The average molecular weight is 278 g/mol. The molecule has 0 N–H and O–H groups in total. The highest BCUT2D eigenvalue weighted by molar-refractivity contribution is 7.13. The molecule has 0 radical (unpaired) electrons. The van der Waals surface area contributed by atoms with Crippen LogP contribution in [0.25, 0.3) is 10.7 Å². The fraction of sp³-hybridized carbons (Fsp3) is 0.417. The molecule has 0 atom stereocenters. The van der Waals surface area contributed by atoms with Crippen molar-refractivity contribution < 1.29 is 9.32 Å². The van der Waals surface area contributed by atoms with E-state index in [0.717, 1.165) is 18.0 Å². The molecule has 0 aromatic carbocycles. The van der Waals surface area contributed by atoms with E-state index in [4.69, 9.17) is 4.52 Å². The molecule has 19 heavy (non-hydrogen) atoms. The topological polar surface area (TPSA) is 62.5 Å². The predicted molar refractivity (Wildman–Crippen MR) is 70.5 cm³/mol. The quantitative estimate of drug-likeness (QED) is 0.840. The summed E-state index contributed by atoms with van der Waals surface area (Å²) in [5.74, 6) is 1.30. The van der Waals surface area contributed by atoms with Crippen molar-refractivity contribution >= 4 is 17.2 Å². The van der Waals surface area contributed by atoms with E-state index in [1.165, 1.54) is 0 Å². The van der Waals surface area contributed by atoms with Gasteiger partial charge in [0.25, 0.3) is 0 Å². The Hall–Kier alpha value is -1.73. The second-order valence-corrected chi connectivity index (χ2v) is 5.46. The van der Waals surface area contributed by atoms with Gasteiger partial charge in [-0.15, -0.1) is 11.3 Å². The Kier molecular flexibility index (Phi) is 3.31. The van der Waals surface area contributed by atoms with Gasteiger partial charge >= 0.3 is 0 Å². The van der Waals surface area contributed by atoms with Crippen LogP contribution in [0.5, 0.6) is 0 Å². The Bertz CT molecular complexity index is 566. The summed E-state index contributed by atoms with van der Waals surface area (Å²) in [7, 11) is 1.82. The van der Waals surface area contributed by atoms with Crippen LogP contribution in [0.2, 0.25) is 0 Å². The summed E-state index contributed by atoms with van der Waals surface area (Å²) in [6.45, 7) is 2.51. The number of carbonyl (C=O) groups is 1. The summed E-state index contributed by atoms with van der Waals surface area (Å²) < 4.78 is 5.23. The molecule has 0 bridgehead atoms. The van der Waals surface area contributed by atoms with E-state index in [1.54, 1.807) is 16.2 Å². The summed E-state index contributed by atoms with van der Waals surface area (Å²) >= 11 is 1.58. The molecule has 2 aromatic heterocycles. The number of amides is 1. The van der Waals surface area contributed by atoms with Gasteiger partial charge in [0.15, 0.2) is 0 Å². The lowest BCUT2D eigenvalue weighted by molar-refractivity contribution is -0.134. The predicted octanol–water partition coefficient (Wildman–Crippen LogP) is 1.07. The molecular weight excluding hydrogens is 264 g/mol. The van der Waals surface area contributed by atoms with Gasteiger partial charge in [-0.2, -0.15) is 4.98 Å². The largest absolute Gasteiger partial charge is 0.343 e. The van der Waals surface area contributed by atoms with E-state index in [1.807, 2.05) is 29.5 Å². The third kappa shape index (κ3) is 2.66. The lowest BCUT2D eigenvalue weighted by atomic mass is 10.3. The lowest BCUT2D eigenvalue weighted by Gasteiger charge is -2.30. The van der Waals surface area contributed by atoms with Crippen molar-refractivity contribution in [2.24, 2.45) is 0 Å². The Morgan fingerprint density at radius 2 is 2.37 bits per heavy atom. The van der Waals surface area contributed by atoms with Gasteiger partial charge in [-0.05, 0) is 11.4 Å². The van der Waals surface area contributed by atoms with Crippen LogP contribution in [0.3, 0.4) is 0 Å². The van der Waals surface area contributed by atoms with Crippen molar-refractivity contribution in [3.8, 4) is 10.7 Å². The first kappa shape index (κ1) is 12.3. The summed E-state index contributed by atoms with van der Waals surface area (Å²) in [6, 6.07) is 3.91. The van der Waals surface area contributed by atoms with Gasteiger partial charge in [-0.1, -0.05) is 11.2 Å². The first-order valence-corrected chi connectivity index (χ1v) is 6.93. The molecular formula is C12H14N4O2S. The van der Waals surface area contributed by atoms with Gasteiger partial charge in [0.05, 0.1) is 18.0 Å². The van der Waals surface area contributed by atoms with Crippen molar-refractivity contribution in [3.63, 3.8) is 0 Å². The smallest absolute Gasteiger partial charge is 0.241 e. The number of piperazine rings is 1. The van der Waals surface area contributed by atoms with E-state index in [2.05, 4.69) is 10.1 Å². The molecule has 1 saturated heterocycles. The Labute approximate surface area is 114 Å². The molecule has 100 valence electrons. The number of carbonyl (C=O) groups excluding carboxylic acids is 1. The number of thiophene rings is 1. The van der Waals surface area contributed by atoms with Crippen LogP contribution in [0.1, 0.15) is 5.89 Å². The van der Waals surface area contributed by atoms with Crippen molar-refractivity contribution in [2.75, 3.05) is 26.7 Å². The van der Waals surface area contributed by atoms with Gasteiger partial charge in [0, 0.05) is 20.1 Å². The van der Waals surface area contributed by atoms with E-state index in [9.17, 15) is 4.79 Å². The fourth-order valence-corrected chi connectivity index (χ4v) is 2.61. The second-order valence-electron chi connectivity index (χ2n) is 4.51. The van der Waals surface area contributed by atoms with E-state index >= 15 is 0 Å². The molecule has 1 aliphatic rings. The highest BCUT2D eigenvalue weighted by Gasteiger charge is 2.22. The number of aromatic nitrogens is 2. The maximum Gasteiger partial charge on any atom is 0.241 e. The fourth-order valence-electron chi connectivity index (χ4n) is 1.96. The normalized spacial score (nSPS) is 17.1. The van der Waals surface area contributed by atoms with E-state index < -0.39 is 0 Å². The Morgan fingerprint density at radius 3 is 3.11 bits per heavy atom. The number of rotatable bonds is 3. The summed E-state index contributed by atoms with van der Waals surface area (Å²) in [6.07, 6.45) is 0. The molecule has 7 heteroatoms. The molecule has 0 unspecified atom stereocenters. The number of nitrogens with zero attached hydrogens (tertiary/aromatic N) is 4. The SMILES string of the molecule is CN1CCN(Cc2nc(-c3cccs3)no2)CC1=O.